The Hall–Kier alpha value is -3.35. The van der Waals surface area contributed by atoms with Gasteiger partial charge in [-0.1, -0.05) is 48.5 Å². The molecule has 1 saturated carbocycles. The summed E-state index contributed by atoms with van der Waals surface area (Å²) in [6, 6.07) is 16.3. The molecule has 2 aliphatic rings. The molecule has 2 aromatic rings. The minimum Gasteiger partial charge on any atom is -0.480 e. The Morgan fingerprint density at radius 2 is 1.64 bits per heavy atom. The number of carbonyl (C=O) groups is 3. The van der Waals surface area contributed by atoms with Gasteiger partial charge in [0, 0.05) is 24.9 Å². The van der Waals surface area contributed by atoms with Crippen LogP contribution in [0.15, 0.2) is 48.5 Å². The summed E-state index contributed by atoms with van der Waals surface area (Å²) in [6.07, 6.45) is 0.127. The average Bonchev–Trinajstić information content (AvgIpc) is 3.51. The van der Waals surface area contributed by atoms with E-state index in [9.17, 15) is 19.5 Å². The number of fused-ring (bicyclic) bond motifs is 3. The Labute approximate surface area is 193 Å². The van der Waals surface area contributed by atoms with E-state index in [1.807, 2.05) is 24.3 Å². The molecule has 2 aromatic carbocycles. The topological polar surface area (TPSA) is 95.9 Å². The zero-order valence-corrected chi connectivity index (χ0v) is 19.2. The first kappa shape index (κ1) is 22.8. The molecule has 0 spiro atoms. The van der Waals surface area contributed by atoms with Crippen LogP contribution in [0.4, 0.5) is 4.79 Å². The smallest absolute Gasteiger partial charge is 0.407 e. The number of benzene rings is 2. The van der Waals surface area contributed by atoms with Crippen LogP contribution in [0.5, 0.6) is 0 Å². The van der Waals surface area contributed by atoms with Crippen molar-refractivity contribution < 1.29 is 24.2 Å². The third-order valence-electron chi connectivity index (χ3n) is 6.87. The summed E-state index contributed by atoms with van der Waals surface area (Å²) in [4.78, 5) is 38.1. The highest BCUT2D eigenvalue weighted by Crippen LogP contribution is 2.44. The third-order valence-corrected chi connectivity index (χ3v) is 6.87. The summed E-state index contributed by atoms with van der Waals surface area (Å²) < 4.78 is 5.54. The fourth-order valence-electron chi connectivity index (χ4n) is 4.78. The van der Waals surface area contributed by atoms with E-state index in [0.717, 1.165) is 11.1 Å². The van der Waals surface area contributed by atoms with Gasteiger partial charge in [0.15, 0.2) is 0 Å². The van der Waals surface area contributed by atoms with Gasteiger partial charge in [-0.2, -0.15) is 0 Å². The lowest BCUT2D eigenvalue weighted by Gasteiger charge is -2.34. The van der Waals surface area contributed by atoms with E-state index in [4.69, 9.17) is 4.74 Å². The van der Waals surface area contributed by atoms with Crippen LogP contribution in [0.3, 0.4) is 0 Å². The molecular weight excluding hydrogens is 420 g/mol. The SMILES string of the molecule is CCN(C(=O)C1CC1CNC(=O)OCC1c2ccccc2-c2ccccc21)C(C)(C)C(=O)O. The van der Waals surface area contributed by atoms with E-state index in [1.165, 1.54) is 29.9 Å². The number of hydrogen-bond acceptors (Lipinski definition) is 4. The highest BCUT2D eigenvalue weighted by atomic mass is 16.5. The molecule has 0 saturated heterocycles. The number of carbonyl (C=O) groups excluding carboxylic acids is 2. The van der Waals surface area contributed by atoms with Gasteiger partial charge >= 0.3 is 12.1 Å². The number of ether oxygens (including phenoxy) is 1. The molecule has 0 radical (unpaired) electrons. The number of aliphatic carboxylic acids is 1. The summed E-state index contributed by atoms with van der Waals surface area (Å²) >= 11 is 0. The number of carboxylic acids is 1. The van der Waals surface area contributed by atoms with E-state index >= 15 is 0 Å². The van der Waals surface area contributed by atoms with Gasteiger partial charge in [0.1, 0.15) is 12.1 Å². The van der Waals surface area contributed by atoms with E-state index in [0.29, 0.717) is 19.5 Å². The Morgan fingerprint density at radius 3 is 2.18 bits per heavy atom. The molecular formula is C26H30N2O5. The second-order valence-electron chi connectivity index (χ2n) is 9.26. The van der Waals surface area contributed by atoms with Gasteiger partial charge in [0.2, 0.25) is 5.91 Å². The zero-order chi connectivity index (χ0) is 23.8. The van der Waals surface area contributed by atoms with E-state index in [1.54, 1.807) is 6.92 Å². The Kier molecular flexibility index (Phi) is 6.15. The molecule has 2 N–H and O–H groups in total. The van der Waals surface area contributed by atoms with Gasteiger partial charge < -0.3 is 20.1 Å². The van der Waals surface area contributed by atoms with Gasteiger partial charge in [0.05, 0.1) is 0 Å². The second-order valence-corrected chi connectivity index (χ2v) is 9.26. The lowest BCUT2D eigenvalue weighted by atomic mass is 9.98. The third kappa shape index (κ3) is 4.32. The minimum atomic E-state index is -1.26. The fraction of sp³-hybridized carbons (Fsp3) is 0.423. The van der Waals surface area contributed by atoms with E-state index < -0.39 is 17.6 Å². The van der Waals surface area contributed by atoms with Gasteiger partial charge in [-0.15, -0.1) is 0 Å². The molecule has 0 aromatic heterocycles. The van der Waals surface area contributed by atoms with Crippen LogP contribution in [-0.2, 0) is 14.3 Å². The molecule has 0 aliphatic heterocycles. The van der Waals surface area contributed by atoms with Crippen LogP contribution in [0.25, 0.3) is 11.1 Å². The highest BCUT2D eigenvalue weighted by molar-refractivity contribution is 5.89. The molecule has 2 amide bonds. The molecule has 1 fully saturated rings. The Bertz CT molecular complexity index is 1030. The van der Waals surface area contributed by atoms with Crippen LogP contribution in [-0.4, -0.2) is 53.2 Å². The number of nitrogens with zero attached hydrogens (tertiary/aromatic N) is 1. The van der Waals surface area contributed by atoms with Crippen LogP contribution in [0.2, 0.25) is 0 Å². The van der Waals surface area contributed by atoms with Crippen molar-refractivity contribution >= 4 is 18.0 Å². The van der Waals surface area contributed by atoms with Crippen molar-refractivity contribution in [1.82, 2.24) is 10.2 Å². The molecule has 7 heteroatoms. The number of carboxylic acid groups (broad SMARTS) is 1. The number of alkyl carbamates (subject to hydrolysis) is 1. The number of nitrogens with one attached hydrogen (secondary N) is 1. The predicted octanol–water partition coefficient (Wildman–Crippen LogP) is 3.87. The number of amides is 2. The number of rotatable bonds is 8. The van der Waals surface area contributed by atoms with Crippen molar-refractivity contribution in [3.63, 3.8) is 0 Å². The van der Waals surface area contributed by atoms with Gasteiger partial charge in [-0.05, 0) is 55.4 Å². The lowest BCUT2D eigenvalue weighted by molar-refractivity contribution is -0.157. The maximum absolute atomic E-state index is 12.8. The molecule has 0 heterocycles. The molecule has 2 unspecified atom stereocenters. The average molecular weight is 451 g/mol. The Morgan fingerprint density at radius 1 is 1.06 bits per heavy atom. The van der Waals surface area contributed by atoms with Crippen molar-refractivity contribution in [2.24, 2.45) is 11.8 Å². The van der Waals surface area contributed by atoms with Gasteiger partial charge in [-0.3, -0.25) is 4.79 Å². The first-order chi connectivity index (χ1) is 15.8. The summed E-state index contributed by atoms with van der Waals surface area (Å²) in [7, 11) is 0. The Balaban J connectivity index is 1.29. The second kappa shape index (κ2) is 8.89. The minimum absolute atomic E-state index is 0.00312. The standard InChI is InChI=1S/C26H30N2O5/c1-4-28(26(2,3)24(30)31)23(29)21-13-16(21)14-27-25(32)33-15-22-19-11-7-5-9-17(19)18-10-6-8-12-20(18)22/h5-12,16,21-22H,4,13-15H2,1-3H3,(H,27,32)(H,30,31). The predicted molar refractivity (Wildman–Crippen MR) is 124 cm³/mol. The maximum atomic E-state index is 12.8. The van der Waals surface area contributed by atoms with Crippen molar-refractivity contribution in [3.8, 4) is 11.1 Å². The molecule has 7 nitrogen and oxygen atoms in total. The monoisotopic (exact) mass is 450 g/mol. The van der Waals surface area contributed by atoms with Crippen LogP contribution in [0, 0.1) is 11.8 Å². The van der Waals surface area contributed by atoms with Crippen molar-refractivity contribution in [3.05, 3.63) is 59.7 Å². The lowest BCUT2D eigenvalue weighted by Crippen LogP contribution is -2.53. The maximum Gasteiger partial charge on any atom is 0.407 e. The summed E-state index contributed by atoms with van der Waals surface area (Å²) in [6.45, 7) is 5.73. The van der Waals surface area contributed by atoms with E-state index in [-0.39, 0.29) is 30.3 Å². The highest BCUT2D eigenvalue weighted by Gasteiger charge is 2.48. The summed E-state index contributed by atoms with van der Waals surface area (Å²) in [5.74, 6) is -1.49. The van der Waals surface area contributed by atoms with Crippen molar-refractivity contribution in [2.45, 2.75) is 38.6 Å². The molecule has 2 aliphatic carbocycles. The van der Waals surface area contributed by atoms with Gasteiger partial charge in [-0.25, -0.2) is 9.59 Å². The zero-order valence-electron chi connectivity index (χ0n) is 19.2. The van der Waals surface area contributed by atoms with Crippen LogP contribution < -0.4 is 5.32 Å². The molecule has 33 heavy (non-hydrogen) atoms. The fourth-order valence-corrected chi connectivity index (χ4v) is 4.78. The number of likely N-dealkylation sites (N-methyl/N-ethyl adjacent to an activating group) is 1. The normalized spacial score (nSPS) is 18.8. The first-order valence-electron chi connectivity index (χ1n) is 11.4. The van der Waals surface area contributed by atoms with Gasteiger partial charge in [0.25, 0.3) is 0 Å². The van der Waals surface area contributed by atoms with Crippen LogP contribution in [0.1, 0.15) is 44.2 Å². The molecule has 0 bridgehead atoms. The summed E-state index contributed by atoms with van der Waals surface area (Å²) in [5.41, 5.74) is 3.39. The molecule has 174 valence electrons. The quantitative estimate of drug-likeness (QED) is 0.637. The molecule has 2 atom stereocenters. The summed E-state index contributed by atoms with van der Waals surface area (Å²) in [5, 5.41) is 12.2. The molecule has 4 rings (SSSR count). The van der Waals surface area contributed by atoms with Crippen molar-refractivity contribution in [2.75, 3.05) is 19.7 Å². The number of hydrogen-bond donors (Lipinski definition) is 2. The first-order valence-corrected chi connectivity index (χ1v) is 11.4. The largest absolute Gasteiger partial charge is 0.480 e. The van der Waals surface area contributed by atoms with E-state index in [2.05, 4.69) is 29.6 Å². The van der Waals surface area contributed by atoms with Crippen molar-refractivity contribution in [1.29, 1.82) is 0 Å². The van der Waals surface area contributed by atoms with Crippen LogP contribution >= 0.6 is 0 Å².